The van der Waals surface area contributed by atoms with Crippen molar-refractivity contribution >= 4 is 34.7 Å². The number of hydrogen-bond acceptors (Lipinski definition) is 2. The summed E-state index contributed by atoms with van der Waals surface area (Å²) < 4.78 is 1.12. The van der Waals surface area contributed by atoms with Gasteiger partial charge in [-0.05, 0) is 41.5 Å². The van der Waals surface area contributed by atoms with Crippen LogP contribution in [0.15, 0.2) is 29.4 Å². The molecule has 0 aromatic heterocycles. The molecule has 1 aliphatic rings. The van der Waals surface area contributed by atoms with Crippen LogP contribution in [-0.4, -0.2) is 12.1 Å². The number of nitrogens with one attached hydrogen (secondary N) is 1. The van der Waals surface area contributed by atoms with E-state index >= 15 is 0 Å². The highest BCUT2D eigenvalue weighted by atomic mass is 127. The number of halogens is 1. The molecule has 3 nitrogen and oxygen atoms in total. The lowest BCUT2D eigenvalue weighted by Gasteiger charge is -1.97. The number of rotatable bonds is 3. The van der Waals surface area contributed by atoms with Gasteiger partial charge in [0.15, 0.2) is 0 Å². The lowest BCUT2D eigenvalue weighted by molar-refractivity contribution is -0.122. The lowest BCUT2D eigenvalue weighted by Crippen LogP contribution is -2.19. The van der Waals surface area contributed by atoms with E-state index in [1.807, 2.05) is 24.3 Å². The van der Waals surface area contributed by atoms with Gasteiger partial charge in [0, 0.05) is 15.1 Å². The normalized spacial score (nSPS) is 15.5. The largest absolute Gasteiger partial charge is 0.273 e. The zero-order valence-electron chi connectivity index (χ0n) is 8.11. The molecule has 1 amide bonds. The smallest absolute Gasteiger partial charge is 0.243 e. The summed E-state index contributed by atoms with van der Waals surface area (Å²) >= 11 is 2.24. The topological polar surface area (TPSA) is 41.5 Å². The van der Waals surface area contributed by atoms with Gasteiger partial charge in [0.2, 0.25) is 5.91 Å². The molecule has 1 N–H and O–H groups in total. The molecule has 1 aliphatic carbocycles. The second kappa shape index (κ2) is 4.74. The van der Waals surface area contributed by atoms with Crippen molar-refractivity contribution in [3.63, 3.8) is 0 Å². The van der Waals surface area contributed by atoms with Crippen LogP contribution in [0.1, 0.15) is 18.4 Å². The third-order valence-electron chi connectivity index (χ3n) is 2.23. The number of carbonyl (C=O) groups is 1. The molecule has 1 saturated carbocycles. The maximum absolute atomic E-state index is 11.3. The fourth-order valence-electron chi connectivity index (χ4n) is 1.18. The maximum Gasteiger partial charge on any atom is 0.243 e. The molecule has 0 heterocycles. The fraction of sp³-hybridized carbons (Fsp3) is 0.273. The Bertz CT molecular complexity index is 399. The molecule has 0 spiro atoms. The summed E-state index contributed by atoms with van der Waals surface area (Å²) in [6.07, 6.45) is 3.69. The molecule has 0 atom stereocenters. The van der Waals surface area contributed by atoms with Crippen molar-refractivity contribution in [2.24, 2.45) is 11.0 Å². The van der Waals surface area contributed by atoms with Gasteiger partial charge in [0.25, 0.3) is 0 Å². The van der Waals surface area contributed by atoms with E-state index in [2.05, 4.69) is 33.1 Å². The van der Waals surface area contributed by atoms with Crippen LogP contribution in [0.25, 0.3) is 0 Å². The quantitative estimate of drug-likeness (QED) is 0.518. The number of hydrazone groups is 1. The second-order valence-electron chi connectivity index (χ2n) is 3.53. The Labute approximate surface area is 102 Å². The number of benzene rings is 1. The number of amides is 1. The van der Waals surface area contributed by atoms with Crippen molar-refractivity contribution in [1.29, 1.82) is 0 Å². The first-order valence-corrected chi connectivity index (χ1v) is 5.92. The Morgan fingerprint density at radius 2 is 2.20 bits per heavy atom. The first-order chi connectivity index (χ1) is 7.27. The molecule has 0 unspecified atom stereocenters. The van der Waals surface area contributed by atoms with Crippen molar-refractivity contribution in [2.75, 3.05) is 0 Å². The summed E-state index contributed by atoms with van der Waals surface area (Å²) in [6.45, 7) is 0. The average molecular weight is 314 g/mol. The van der Waals surface area contributed by atoms with Gasteiger partial charge >= 0.3 is 0 Å². The van der Waals surface area contributed by atoms with E-state index in [-0.39, 0.29) is 11.8 Å². The molecule has 4 heteroatoms. The summed E-state index contributed by atoms with van der Waals surface area (Å²) in [7, 11) is 0. The zero-order valence-corrected chi connectivity index (χ0v) is 10.3. The van der Waals surface area contributed by atoms with E-state index < -0.39 is 0 Å². The van der Waals surface area contributed by atoms with Crippen molar-refractivity contribution < 1.29 is 4.79 Å². The second-order valence-corrected chi connectivity index (χ2v) is 4.69. The summed E-state index contributed by atoms with van der Waals surface area (Å²) in [5.41, 5.74) is 3.57. The molecule has 0 radical (unpaired) electrons. The summed E-state index contributed by atoms with van der Waals surface area (Å²) in [6, 6.07) is 7.90. The van der Waals surface area contributed by atoms with Crippen LogP contribution in [-0.2, 0) is 4.79 Å². The Morgan fingerprint density at radius 1 is 1.47 bits per heavy atom. The fourth-order valence-corrected chi connectivity index (χ4v) is 1.71. The molecule has 0 aliphatic heterocycles. The number of nitrogens with zero attached hydrogens (tertiary/aromatic N) is 1. The van der Waals surface area contributed by atoms with Crippen LogP contribution in [0.3, 0.4) is 0 Å². The third kappa shape index (κ3) is 3.02. The van der Waals surface area contributed by atoms with Gasteiger partial charge in [-0.3, -0.25) is 4.79 Å². The highest BCUT2D eigenvalue weighted by Gasteiger charge is 2.29. The monoisotopic (exact) mass is 314 g/mol. The predicted molar refractivity (Wildman–Crippen MR) is 67.6 cm³/mol. The highest BCUT2D eigenvalue weighted by Crippen LogP contribution is 2.28. The first-order valence-electron chi connectivity index (χ1n) is 4.85. The Balaban J connectivity index is 1.93. The summed E-state index contributed by atoms with van der Waals surface area (Å²) in [5.74, 6) is 0.245. The van der Waals surface area contributed by atoms with Crippen LogP contribution in [0.2, 0.25) is 0 Å². The molecular formula is C11H11IN2O. The van der Waals surface area contributed by atoms with E-state index in [0.717, 1.165) is 22.0 Å². The van der Waals surface area contributed by atoms with E-state index in [1.165, 1.54) is 0 Å². The Kier molecular flexibility index (Phi) is 3.35. The predicted octanol–water partition coefficient (Wildman–Crippen LogP) is 2.15. The highest BCUT2D eigenvalue weighted by molar-refractivity contribution is 14.1. The van der Waals surface area contributed by atoms with Crippen LogP contribution in [0, 0.1) is 9.49 Å². The average Bonchev–Trinajstić information content (AvgIpc) is 3.04. The van der Waals surface area contributed by atoms with E-state index in [9.17, 15) is 4.79 Å². The van der Waals surface area contributed by atoms with Crippen LogP contribution in [0.5, 0.6) is 0 Å². The van der Waals surface area contributed by atoms with Crippen molar-refractivity contribution in [2.45, 2.75) is 12.8 Å². The summed E-state index contributed by atoms with van der Waals surface area (Å²) in [5, 5.41) is 3.93. The molecule has 0 saturated heterocycles. The number of hydrogen-bond donors (Lipinski definition) is 1. The minimum atomic E-state index is 0.0391. The Morgan fingerprint density at radius 3 is 2.87 bits per heavy atom. The van der Waals surface area contributed by atoms with Crippen molar-refractivity contribution in [3.05, 3.63) is 33.4 Å². The SMILES string of the molecule is O=C(N/N=C\c1ccccc1I)C1CC1. The molecule has 1 aromatic carbocycles. The molecule has 0 bridgehead atoms. The molecule has 1 aromatic rings. The van der Waals surface area contributed by atoms with Crippen molar-refractivity contribution in [3.8, 4) is 0 Å². The molecule has 78 valence electrons. The molecule has 15 heavy (non-hydrogen) atoms. The lowest BCUT2D eigenvalue weighted by atomic mass is 10.2. The summed E-state index contributed by atoms with van der Waals surface area (Å²) in [4.78, 5) is 11.3. The van der Waals surface area contributed by atoms with Crippen LogP contribution in [0.4, 0.5) is 0 Å². The van der Waals surface area contributed by atoms with Gasteiger partial charge in [0.05, 0.1) is 6.21 Å². The number of carbonyl (C=O) groups excluding carboxylic acids is 1. The van der Waals surface area contributed by atoms with E-state index in [1.54, 1.807) is 6.21 Å². The van der Waals surface area contributed by atoms with Gasteiger partial charge in [-0.25, -0.2) is 5.43 Å². The van der Waals surface area contributed by atoms with Crippen molar-refractivity contribution in [1.82, 2.24) is 5.43 Å². The van der Waals surface area contributed by atoms with Gasteiger partial charge in [-0.1, -0.05) is 18.2 Å². The van der Waals surface area contributed by atoms with E-state index in [0.29, 0.717) is 0 Å². The minimum absolute atomic E-state index is 0.0391. The molecule has 2 rings (SSSR count). The standard InChI is InChI=1S/C11H11IN2O/c12-10-4-2-1-3-9(10)7-13-14-11(15)8-5-6-8/h1-4,7-8H,5-6H2,(H,14,15)/b13-7-. The van der Waals surface area contributed by atoms with Crippen LogP contribution >= 0.6 is 22.6 Å². The van der Waals surface area contributed by atoms with Gasteiger partial charge in [0.1, 0.15) is 0 Å². The van der Waals surface area contributed by atoms with Gasteiger partial charge in [-0.15, -0.1) is 0 Å². The van der Waals surface area contributed by atoms with E-state index in [4.69, 9.17) is 0 Å². The molecule has 1 fully saturated rings. The maximum atomic E-state index is 11.3. The van der Waals surface area contributed by atoms with Gasteiger partial charge in [-0.2, -0.15) is 5.10 Å². The first kappa shape index (κ1) is 10.6. The Hall–Kier alpha value is -0.910. The minimum Gasteiger partial charge on any atom is -0.273 e. The third-order valence-corrected chi connectivity index (χ3v) is 3.21. The molecular weight excluding hydrogens is 303 g/mol. The van der Waals surface area contributed by atoms with Gasteiger partial charge < -0.3 is 0 Å². The zero-order chi connectivity index (χ0) is 10.7. The van der Waals surface area contributed by atoms with Crippen LogP contribution < -0.4 is 5.43 Å².